The van der Waals surface area contributed by atoms with E-state index in [-0.39, 0.29) is 18.1 Å². The normalized spacial score (nSPS) is 14.4. The Labute approximate surface area is 204 Å². The van der Waals surface area contributed by atoms with Crippen LogP contribution >= 0.6 is 11.3 Å². The average molecular weight is 482 g/mol. The minimum atomic E-state index is -0.360. The van der Waals surface area contributed by atoms with Gasteiger partial charge in [0, 0.05) is 31.6 Å². The van der Waals surface area contributed by atoms with Crippen LogP contribution in [0.15, 0.2) is 48.5 Å². The summed E-state index contributed by atoms with van der Waals surface area (Å²) < 4.78 is 11.1. The SMILES string of the molecule is COc1ccc(-c2sc(C3CCN(C(=O)N(C)O)CC3)nc2-c2ccc(OC(C)C)cc2)cc1. The first kappa shape index (κ1) is 24.0. The second-order valence-corrected chi connectivity index (χ2v) is 9.75. The number of ether oxygens (including phenoxy) is 2. The molecule has 1 N–H and O–H groups in total. The molecule has 3 aromatic rings. The van der Waals surface area contributed by atoms with Crippen LogP contribution in [-0.4, -0.2) is 59.5 Å². The minimum absolute atomic E-state index is 0.120. The Bertz CT molecular complexity index is 1100. The number of aromatic nitrogens is 1. The first-order chi connectivity index (χ1) is 16.4. The van der Waals surface area contributed by atoms with Crippen LogP contribution in [0.3, 0.4) is 0 Å². The van der Waals surface area contributed by atoms with E-state index in [4.69, 9.17) is 14.5 Å². The van der Waals surface area contributed by atoms with E-state index in [2.05, 4.69) is 24.3 Å². The molecule has 0 atom stereocenters. The molecule has 0 spiro atoms. The summed E-state index contributed by atoms with van der Waals surface area (Å²) in [5, 5.41) is 11.2. The van der Waals surface area contributed by atoms with Gasteiger partial charge in [-0.2, -0.15) is 0 Å². The topological polar surface area (TPSA) is 75.1 Å². The maximum Gasteiger partial charge on any atom is 0.343 e. The Balaban J connectivity index is 1.64. The highest BCUT2D eigenvalue weighted by Crippen LogP contribution is 2.42. The van der Waals surface area contributed by atoms with Gasteiger partial charge in [-0.3, -0.25) is 5.21 Å². The van der Waals surface area contributed by atoms with Gasteiger partial charge in [-0.15, -0.1) is 11.3 Å². The predicted molar refractivity (Wildman–Crippen MR) is 134 cm³/mol. The van der Waals surface area contributed by atoms with Gasteiger partial charge < -0.3 is 14.4 Å². The third-order valence-electron chi connectivity index (χ3n) is 5.89. The van der Waals surface area contributed by atoms with Gasteiger partial charge in [-0.1, -0.05) is 0 Å². The van der Waals surface area contributed by atoms with Gasteiger partial charge >= 0.3 is 6.03 Å². The van der Waals surface area contributed by atoms with E-state index in [0.717, 1.165) is 51.0 Å². The number of carbonyl (C=O) groups excluding carboxylic acids is 1. The molecule has 34 heavy (non-hydrogen) atoms. The molecule has 1 fully saturated rings. The molecular formula is C26H31N3O4S. The lowest BCUT2D eigenvalue weighted by Crippen LogP contribution is -2.43. The molecule has 7 nitrogen and oxygen atoms in total. The van der Waals surface area contributed by atoms with Crippen molar-refractivity contribution in [3.63, 3.8) is 0 Å². The summed E-state index contributed by atoms with van der Waals surface area (Å²) in [7, 11) is 3.03. The van der Waals surface area contributed by atoms with Crippen molar-refractivity contribution in [2.75, 3.05) is 27.2 Å². The molecular weight excluding hydrogens is 450 g/mol. The lowest BCUT2D eigenvalue weighted by molar-refractivity contribution is -0.0356. The van der Waals surface area contributed by atoms with Gasteiger partial charge in [0.1, 0.15) is 11.5 Å². The van der Waals surface area contributed by atoms with E-state index in [0.29, 0.717) is 18.2 Å². The Morgan fingerprint density at radius 2 is 1.65 bits per heavy atom. The fourth-order valence-electron chi connectivity index (χ4n) is 4.13. The molecule has 0 aliphatic carbocycles. The van der Waals surface area contributed by atoms with Crippen molar-refractivity contribution in [2.24, 2.45) is 0 Å². The molecule has 1 aromatic heterocycles. The standard InChI is InChI=1S/C26H31N3O4S/c1-17(2)33-22-11-5-18(6-12-22)23-24(19-7-9-21(32-4)10-8-19)34-25(27-23)20-13-15-29(16-14-20)26(30)28(3)31/h5-12,17,20,31H,13-16H2,1-4H3. The lowest BCUT2D eigenvalue weighted by atomic mass is 9.97. The second kappa shape index (κ2) is 10.4. The number of amides is 2. The van der Waals surface area contributed by atoms with Gasteiger partial charge in [0.05, 0.1) is 28.8 Å². The molecule has 1 saturated heterocycles. The molecule has 0 bridgehead atoms. The van der Waals surface area contributed by atoms with Gasteiger partial charge in [-0.25, -0.2) is 14.8 Å². The Kier molecular flexibility index (Phi) is 7.38. The molecule has 1 aliphatic rings. The van der Waals surface area contributed by atoms with Gasteiger partial charge in [0.15, 0.2) is 0 Å². The van der Waals surface area contributed by atoms with Crippen LogP contribution in [0.25, 0.3) is 21.7 Å². The van der Waals surface area contributed by atoms with Gasteiger partial charge in [0.2, 0.25) is 0 Å². The van der Waals surface area contributed by atoms with Crippen molar-refractivity contribution in [3.8, 4) is 33.2 Å². The maximum atomic E-state index is 12.1. The van der Waals surface area contributed by atoms with Crippen LogP contribution in [0.1, 0.15) is 37.6 Å². The number of benzene rings is 2. The molecule has 180 valence electrons. The maximum absolute atomic E-state index is 12.1. The minimum Gasteiger partial charge on any atom is -0.497 e. The molecule has 1 aliphatic heterocycles. The number of methoxy groups -OCH3 is 1. The molecule has 2 amide bonds. The number of thiazole rings is 1. The number of hydrogen-bond acceptors (Lipinski definition) is 6. The van der Waals surface area contributed by atoms with Crippen molar-refractivity contribution >= 4 is 17.4 Å². The van der Waals surface area contributed by atoms with Crippen LogP contribution in [0.4, 0.5) is 4.79 Å². The zero-order valence-electron chi connectivity index (χ0n) is 20.0. The van der Waals surface area contributed by atoms with Crippen molar-refractivity contribution in [3.05, 3.63) is 53.5 Å². The first-order valence-electron chi connectivity index (χ1n) is 11.5. The Morgan fingerprint density at radius 3 is 2.21 bits per heavy atom. The fraction of sp³-hybridized carbons (Fsp3) is 0.385. The van der Waals surface area contributed by atoms with Crippen LogP contribution in [0.5, 0.6) is 11.5 Å². The first-order valence-corrected chi connectivity index (χ1v) is 12.3. The van der Waals surface area contributed by atoms with E-state index >= 15 is 0 Å². The largest absolute Gasteiger partial charge is 0.497 e. The highest BCUT2D eigenvalue weighted by atomic mass is 32.1. The smallest absolute Gasteiger partial charge is 0.343 e. The number of carbonyl (C=O) groups is 1. The van der Waals surface area contributed by atoms with Crippen LogP contribution in [-0.2, 0) is 0 Å². The molecule has 0 unspecified atom stereocenters. The number of rotatable bonds is 6. The van der Waals surface area contributed by atoms with Crippen molar-refractivity contribution in [1.29, 1.82) is 0 Å². The Hall–Kier alpha value is -3.10. The molecule has 0 radical (unpaired) electrons. The monoisotopic (exact) mass is 481 g/mol. The van der Waals surface area contributed by atoms with Crippen molar-refractivity contribution < 1.29 is 19.5 Å². The molecule has 8 heteroatoms. The summed E-state index contributed by atoms with van der Waals surface area (Å²) in [5.74, 6) is 1.93. The highest BCUT2D eigenvalue weighted by Gasteiger charge is 2.28. The quantitative estimate of drug-likeness (QED) is 0.351. The van der Waals surface area contributed by atoms with E-state index in [1.165, 1.54) is 7.05 Å². The van der Waals surface area contributed by atoms with E-state index < -0.39 is 0 Å². The van der Waals surface area contributed by atoms with Crippen LogP contribution in [0.2, 0.25) is 0 Å². The summed E-state index contributed by atoms with van der Waals surface area (Å²) in [6.45, 7) is 5.23. The van der Waals surface area contributed by atoms with Crippen molar-refractivity contribution in [1.82, 2.24) is 14.9 Å². The summed E-state index contributed by atoms with van der Waals surface area (Å²) in [6, 6.07) is 15.8. The van der Waals surface area contributed by atoms with E-state index in [1.54, 1.807) is 23.3 Å². The molecule has 2 heterocycles. The fourth-order valence-corrected chi connectivity index (χ4v) is 5.39. The van der Waals surface area contributed by atoms with Gasteiger partial charge in [0.25, 0.3) is 0 Å². The molecule has 0 saturated carbocycles. The predicted octanol–water partition coefficient (Wildman–Crippen LogP) is 5.89. The van der Waals surface area contributed by atoms with Crippen molar-refractivity contribution in [2.45, 2.75) is 38.7 Å². The molecule has 2 aromatic carbocycles. The average Bonchev–Trinajstić information content (AvgIpc) is 3.29. The zero-order chi connectivity index (χ0) is 24.2. The lowest BCUT2D eigenvalue weighted by Gasteiger charge is -2.32. The number of nitrogens with zero attached hydrogens (tertiary/aromatic N) is 3. The molecule has 4 rings (SSSR count). The number of urea groups is 1. The zero-order valence-corrected chi connectivity index (χ0v) is 20.8. The highest BCUT2D eigenvalue weighted by molar-refractivity contribution is 7.15. The van der Waals surface area contributed by atoms with E-state index in [1.807, 2.05) is 38.1 Å². The summed E-state index contributed by atoms with van der Waals surface area (Å²) in [4.78, 5) is 20.0. The summed E-state index contributed by atoms with van der Waals surface area (Å²) >= 11 is 1.71. The summed E-state index contributed by atoms with van der Waals surface area (Å²) in [6.07, 6.45) is 1.75. The number of likely N-dealkylation sites (tertiary alicyclic amines) is 1. The third kappa shape index (κ3) is 5.34. The van der Waals surface area contributed by atoms with Crippen LogP contribution < -0.4 is 9.47 Å². The van der Waals surface area contributed by atoms with E-state index in [9.17, 15) is 10.0 Å². The number of hydrogen-bond donors (Lipinski definition) is 1. The van der Waals surface area contributed by atoms with Gasteiger partial charge in [-0.05, 0) is 80.8 Å². The second-order valence-electron chi connectivity index (χ2n) is 8.72. The number of hydroxylamine groups is 2. The number of piperidine rings is 1. The van der Waals surface area contributed by atoms with Crippen LogP contribution in [0, 0.1) is 0 Å². The summed E-state index contributed by atoms with van der Waals surface area (Å²) in [5.41, 5.74) is 3.09. The Morgan fingerprint density at radius 1 is 1.06 bits per heavy atom. The third-order valence-corrected chi connectivity index (χ3v) is 7.15.